The van der Waals surface area contributed by atoms with Gasteiger partial charge >= 0.3 is 0 Å². The van der Waals surface area contributed by atoms with Gasteiger partial charge in [0, 0.05) is 43.4 Å². The molecule has 0 radical (unpaired) electrons. The van der Waals surface area contributed by atoms with E-state index in [1.54, 1.807) is 0 Å². The molecule has 4 nitrogen and oxygen atoms in total. The Morgan fingerprint density at radius 1 is 1.11 bits per heavy atom. The number of likely N-dealkylation sites (tertiary alicyclic amines) is 1. The van der Waals surface area contributed by atoms with Gasteiger partial charge in [0.05, 0.1) is 0 Å². The minimum absolute atomic E-state index is 0.325. The van der Waals surface area contributed by atoms with Crippen LogP contribution < -0.4 is 0 Å². The van der Waals surface area contributed by atoms with E-state index < -0.39 is 0 Å². The lowest BCUT2D eigenvalue weighted by molar-refractivity contribution is -0.132. The molecule has 2 heterocycles. The number of carbonyl (C=O) groups excluding carboxylic acids is 1. The Bertz CT molecular complexity index is 755. The predicted octanol–water partition coefficient (Wildman–Crippen LogP) is 4.65. The van der Waals surface area contributed by atoms with Crippen molar-refractivity contribution in [3.05, 3.63) is 53.6 Å². The smallest absolute Gasteiger partial charge is 0.222 e. The molecular formula is C23H31N3O. The van der Waals surface area contributed by atoms with Gasteiger partial charge in [-0.25, -0.2) is 4.98 Å². The van der Waals surface area contributed by atoms with Crippen LogP contribution in [0, 0.1) is 6.92 Å². The maximum Gasteiger partial charge on any atom is 0.222 e. The average molecular weight is 366 g/mol. The number of aryl methyl sites for hydroxylation is 2. The van der Waals surface area contributed by atoms with E-state index in [0.29, 0.717) is 24.3 Å². The third kappa shape index (κ3) is 4.10. The van der Waals surface area contributed by atoms with E-state index in [0.717, 1.165) is 38.8 Å². The number of carbonyl (C=O) groups is 1. The van der Waals surface area contributed by atoms with Crippen LogP contribution in [0.15, 0.2) is 36.5 Å². The first-order chi connectivity index (χ1) is 13.2. The van der Waals surface area contributed by atoms with Crippen molar-refractivity contribution in [1.29, 1.82) is 0 Å². The Morgan fingerprint density at radius 3 is 2.52 bits per heavy atom. The quantitative estimate of drug-likeness (QED) is 0.747. The molecule has 1 saturated heterocycles. The van der Waals surface area contributed by atoms with Crippen molar-refractivity contribution >= 4 is 5.91 Å². The molecule has 2 fully saturated rings. The monoisotopic (exact) mass is 365 g/mol. The Hall–Kier alpha value is -2.10. The summed E-state index contributed by atoms with van der Waals surface area (Å²) in [6, 6.07) is 11.0. The summed E-state index contributed by atoms with van der Waals surface area (Å²) in [5, 5.41) is 0. The topological polar surface area (TPSA) is 38.1 Å². The summed E-state index contributed by atoms with van der Waals surface area (Å²) in [7, 11) is 0. The van der Waals surface area contributed by atoms with Gasteiger partial charge in [-0.1, -0.05) is 36.8 Å². The minimum Gasteiger partial charge on any atom is -0.343 e. The second-order valence-electron chi connectivity index (χ2n) is 8.21. The van der Waals surface area contributed by atoms with E-state index >= 15 is 0 Å². The molecule has 1 aromatic carbocycles. The van der Waals surface area contributed by atoms with Crippen molar-refractivity contribution in [2.75, 3.05) is 13.1 Å². The molecule has 0 spiro atoms. The number of hydrogen-bond donors (Lipinski definition) is 0. The maximum absolute atomic E-state index is 12.6. The number of amides is 1. The molecule has 144 valence electrons. The largest absolute Gasteiger partial charge is 0.343 e. The van der Waals surface area contributed by atoms with Crippen LogP contribution >= 0.6 is 0 Å². The molecule has 0 atom stereocenters. The van der Waals surface area contributed by atoms with Crippen LogP contribution in [0.3, 0.4) is 0 Å². The highest BCUT2D eigenvalue weighted by Crippen LogP contribution is 2.38. The van der Waals surface area contributed by atoms with Gasteiger partial charge in [0.15, 0.2) is 0 Å². The van der Waals surface area contributed by atoms with Crippen molar-refractivity contribution < 1.29 is 4.79 Å². The molecule has 4 heteroatoms. The number of imidazole rings is 1. The first-order valence-electron chi connectivity index (χ1n) is 10.6. The fraction of sp³-hybridized carbons (Fsp3) is 0.565. The van der Waals surface area contributed by atoms with Crippen LogP contribution in [0.2, 0.25) is 0 Å². The second kappa shape index (κ2) is 8.28. The Balaban J connectivity index is 1.27. The lowest BCUT2D eigenvalue weighted by Gasteiger charge is -2.36. The van der Waals surface area contributed by atoms with Gasteiger partial charge < -0.3 is 9.47 Å². The Labute approximate surface area is 162 Å². The van der Waals surface area contributed by atoms with Gasteiger partial charge in [-0.2, -0.15) is 0 Å². The van der Waals surface area contributed by atoms with Gasteiger partial charge in [0.1, 0.15) is 5.82 Å². The minimum atomic E-state index is 0.325. The van der Waals surface area contributed by atoms with Crippen molar-refractivity contribution in [2.45, 2.75) is 70.3 Å². The number of nitrogens with zero attached hydrogens (tertiary/aromatic N) is 3. The lowest BCUT2D eigenvalue weighted by Crippen LogP contribution is -2.39. The standard InChI is InChI=1S/C23H31N3O/c1-18-17-24-23(20-10-6-11-20)26(18)21-13-15-25(16-14-21)22(27)12-5-9-19-7-3-2-4-8-19/h2-4,7-8,17,20-21H,5-6,9-16H2,1H3. The van der Waals surface area contributed by atoms with E-state index in [9.17, 15) is 4.79 Å². The second-order valence-corrected chi connectivity index (χ2v) is 8.21. The highest BCUT2D eigenvalue weighted by Gasteiger charge is 2.30. The maximum atomic E-state index is 12.6. The van der Waals surface area contributed by atoms with E-state index in [1.165, 1.54) is 36.3 Å². The van der Waals surface area contributed by atoms with Gasteiger partial charge in [0.25, 0.3) is 0 Å². The molecule has 0 bridgehead atoms. The van der Waals surface area contributed by atoms with Crippen molar-refractivity contribution in [2.24, 2.45) is 0 Å². The van der Waals surface area contributed by atoms with Crippen molar-refractivity contribution in [3.63, 3.8) is 0 Å². The van der Waals surface area contributed by atoms with Crippen LogP contribution in [-0.2, 0) is 11.2 Å². The van der Waals surface area contributed by atoms with E-state index in [4.69, 9.17) is 4.98 Å². The molecule has 4 rings (SSSR count). The Morgan fingerprint density at radius 2 is 1.85 bits per heavy atom. The van der Waals surface area contributed by atoms with Gasteiger partial charge in [-0.15, -0.1) is 0 Å². The SMILES string of the molecule is Cc1cnc(C2CCC2)n1C1CCN(C(=O)CCCc2ccccc2)CC1. The number of rotatable bonds is 6. The number of piperidine rings is 1. The first-order valence-corrected chi connectivity index (χ1v) is 10.6. The lowest BCUT2D eigenvalue weighted by atomic mass is 9.84. The summed E-state index contributed by atoms with van der Waals surface area (Å²) in [6.45, 7) is 3.95. The summed E-state index contributed by atoms with van der Waals surface area (Å²) < 4.78 is 2.49. The molecule has 0 unspecified atom stereocenters. The highest BCUT2D eigenvalue weighted by molar-refractivity contribution is 5.76. The zero-order valence-electron chi connectivity index (χ0n) is 16.4. The summed E-state index contributed by atoms with van der Waals surface area (Å²) in [6.07, 6.45) is 10.7. The molecule has 1 amide bonds. The molecule has 2 aromatic rings. The van der Waals surface area contributed by atoms with E-state index in [2.05, 4.69) is 40.7 Å². The van der Waals surface area contributed by atoms with Gasteiger partial charge in [-0.05, 0) is 51.0 Å². The molecule has 0 N–H and O–H groups in total. The predicted molar refractivity (Wildman–Crippen MR) is 108 cm³/mol. The van der Waals surface area contributed by atoms with Crippen LogP contribution in [0.25, 0.3) is 0 Å². The molecule has 1 saturated carbocycles. The molecule has 1 aliphatic carbocycles. The number of benzene rings is 1. The van der Waals surface area contributed by atoms with Crippen LogP contribution in [-0.4, -0.2) is 33.4 Å². The molecule has 2 aliphatic rings. The normalized spacial score (nSPS) is 18.5. The third-order valence-electron chi connectivity index (χ3n) is 6.36. The summed E-state index contributed by atoms with van der Waals surface area (Å²) >= 11 is 0. The van der Waals surface area contributed by atoms with Gasteiger partial charge in [-0.3, -0.25) is 4.79 Å². The summed E-state index contributed by atoms with van der Waals surface area (Å²) in [4.78, 5) is 19.4. The molecule has 1 aromatic heterocycles. The van der Waals surface area contributed by atoms with Crippen LogP contribution in [0.1, 0.15) is 74.0 Å². The first kappa shape index (κ1) is 18.3. The third-order valence-corrected chi connectivity index (χ3v) is 6.36. The number of hydrogen-bond acceptors (Lipinski definition) is 2. The fourth-order valence-electron chi connectivity index (χ4n) is 4.53. The van der Waals surface area contributed by atoms with Crippen molar-refractivity contribution in [1.82, 2.24) is 14.5 Å². The average Bonchev–Trinajstić information content (AvgIpc) is 3.02. The van der Waals surface area contributed by atoms with E-state index in [-0.39, 0.29) is 0 Å². The molecule has 27 heavy (non-hydrogen) atoms. The van der Waals surface area contributed by atoms with Crippen LogP contribution in [0.4, 0.5) is 0 Å². The highest BCUT2D eigenvalue weighted by atomic mass is 16.2. The van der Waals surface area contributed by atoms with Gasteiger partial charge in [0.2, 0.25) is 5.91 Å². The van der Waals surface area contributed by atoms with Crippen LogP contribution in [0.5, 0.6) is 0 Å². The fourth-order valence-corrected chi connectivity index (χ4v) is 4.53. The Kier molecular flexibility index (Phi) is 5.61. The molecule has 1 aliphatic heterocycles. The number of aromatic nitrogens is 2. The zero-order chi connectivity index (χ0) is 18.6. The van der Waals surface area contributed by atoms with Crippen molar-refractivity contribution in [3.8, 4) is 0 Å². The van der Waals surface area contributed by atoms with E-state index in [1.807, 2.05) is 12.3 Å². The zero-order valence-corrected chi connectivity index (χ0v) is 16.4. The molecular weight excluding hydrogens is 334 g/mol. The summed E-state index contributed by atoms with van der Waals surface area (Å²) in [5.41, 5.74) is 2.60. The summed E-state index contributed by atoms with van der Waals surface area (Å²) in [5.74, 6) is 2.29.